The number of para-hydroxylation sites is 1. The van der Waals surface area contributed by atoms with Crippen LogP contribution in [0.2, 0.25) is 0 Å². The van der Waals surface area contributed by atoms with E-state index in [1.54, 1.807) is 18.2 Å². The first-order valence-corrected chi connectivity index (χ1v) is 7.91. The number of nitrogens with zero attached hydrogens (tertiary/aromatic N) is 1. The minimum atomic E-state index is -0.380. The van der Waals surface area contributed by atoms with Gasteiger partial charge < -0.3 is 9.46 Å². The average molecular weight is 318 g/mol. The molecule has 0 aromatic heterocycles. The molecule has 0 atom stereocenters. The predicted molar refractivity (Wildman–Crippen MR) is 89.4 cm³/mol. The van der Waals surface area contributed by atoms with E-state index in [1.807, 2.05) is 24.3 Å². The smallest absolute Gasteiger partial charge is 0.284 e. The van der Waals surface area contributed by atoms with Gasteiger partial charge in [-0.15, -0.1) is 0 Å². The second-order valence-electron chi connectivity index (χ2n) is 4.66. The zero-order chi connectivity index (χ0) is 15.8. The van der Waals surface area contributed by atoms with Crippen LogP contribution in [0.3, 0.4) is 0 Å². The molecule has 5 nitrogen and oxygen atoms in total. The second kappa shape index (κ2) is 8.29. The summed E-state index contributed by atoms with van der Waals surface area (Å²) in [5.41, 5.74) is 0.963. The van der Waals surface area contributed by atoms with Crippen molar-refractivity contribution in [2.45, 2.75) is 24.7 Å². The van der Waals surface area contributed by atoms with E-state index in [0.29, 0.717) is 11.5 Å². The number of nitro groups is 1. The Morgan fingerprint density at radius 1 is 1.18 bits per heavy atom. The van der Waals surface area contributed by atoms with Crippen molar-refractivity contribution in [3.05, 3.63) is 58.6 Å². The van der Waals surface area contributed by atoms with E-state index in [1.165, 1.54) is 18.0 Å². The maximum absolute atomic E-state index is 11.0. The van der Waals surface area contributed by atoms with Gasteiger partial charge in [-0.2, -0.15) is 0 Å². The molecule has 0 bridgehead atoms. The van der Waals surface area contributed by atoms with E-state index in [2.05, 4.69) is 11.6 Å². The molecule has 1 N–H and O–H groups in total. The third-order valence-corrected chi connectivity index (χ3v) is 3.86. The molecule has 0 heterocycles. The van der Waals surface area contributed by atoms with Gasteiger partial charge in [-0.05, 0) is 48.7 Å². The SMILES string of the molecule is CCCCOc1ccc(NSc2ccccc2[N+](=O)[O-])cc1. The van der Waals surface area contributed by atoms with Gasteiger partial charge in [0.1, 0.15) is 10.6 Å². The molecule has 0 amide bonds. The average Bonchev–Trinajstić information content (AvgIpc) is 2.54. The van der Waals surface area contributed by atoms with Crippen molar-refractivity contribution in [3.8, 4) is 5.75 Å². The summed E-state index contributed by atoms with van der Waals surface area (Å²) in [6.45, 7) is 2.84. The van der Waals surface area contributed by atoms with Crippen LogP contribution in [0.5, 0.6) is 5.75 Å². The van der Waals surface area contributed by atoms with Crippen LogP contribution in [-0.2, 0) is 0 Å². The number of anilines is 1. The normalized spacial score (nSPS) is 10.2. The maximum Gasteiger partial charge on any atom is 0.284 e. The van der Waals surface area contributed by atoms with Gasteiger partial charge in [0.15, 0.2) is 0 Å². The lowest BCUT2D eigenvalue weighted by atomic mass is 10.3. The quantitative estimate of drug-likeness (QED) is 0.325. The summed E-state index contributed by atoms with van der Waals surface area (Å²) in [4.78, 5) is 11.1. The van der Waals surface area contributed by atoms with E-state index < -0.39 is 0 Å². The third kappa shape index (κ3) is 4.66. The highest BCUT2D eigenvalue weighted by Gasteiger charge is 2.12. The predicted octanol–water partition coefficient (Wildman–Crippen LogP) is 4.89. The molecule has 0 unspecified atom stereocenters. The fraction of sp³-hybridized carbons (Fsp3) is 0.250. The monoisotopic (exact) mass is 318 g/mol. The molecule has 2 aromatic rings. The van der Waals surface area contributed by atoms with Gasteiger partial charge in [0.05, 0.1) is 11.5 Å². The van der Waals surface area contributed by atoms with Gasteiger partial charge in [-0.25, -0.2) is 0 Å². The number of nitrogens with one attached hydrogen (secondary N) is 1. The molecule has 0 saturated carbocycles. The molecule has 2 rings (SSSR count). The third-order valence-electron chi connectivity index (χ3n) is 2.96. The number of hydrogen-bond acceptors (Lipinski definition) is 5. The standard InChI is InChI=1S/C16H18N2O3S/c1-2-3-12-21-14-10-8-13(9-11-14)17-22-16-7-5-4-6-15(16)18(19)20/h4-11,17H,2-3,12H2,1H3. The molecule has 0 radical (unpaired) electrons. The number of ether oxygens (including phenoxy) is 1. The highest BCUT2D eigenvalue weighted by Crippen LogP contribution is 2.30. The number of hydrogen-bond donors (Lipinski definition) is 1. The molecular weight excluding hydrogens is 300 g/mol. The molecule has 0 aliphatic carbocycles. The lowest BCUT2D eigenvalue weighted by molar-refractivity contribution is -0.387. The highest BCUT2D eigenvalue weighted by atomic mass is 32.2. The molecule has 0 aliphatic rings. The summed E-state index contributed by atoms with van der Waals surface area (Å²) in [6.07, 6.45) is 2.14. The van der Waals surface area contributed by atoms with E-state index >= 15 is 0 Å². The Kier molecular flexibility index (Phi) is 6.09. The van der Waals surface area contributed by atoms with Crippen molar-refractivity contribution < 1.29 is 9.66 Å². The van der Waals surface area contributed by atoms with Crippen molar-refractivity contribution in [1.82, 2.24) is 0 Å². The number of unbranched alkanes of at least 4 members (excludes halogenated alkanes) is 1. The molecule has 0 fully saturated rings. The Labute approximate surface area is 134 Å². The van der Waals surface area contributed by atoms with Crippen molar-refractivity contribution in [1.29, 1.82) is 0 Å². The molecule has 6 heteroatoms. The van der Waals surface area contributed by atoms with Crippen molar-refractivity contribution >= 4 is 23.3 Å². The minimum Gasteiger partial charge on any atom is -0.494 e. The first-order chi connectivity index (χ1) is 10.7. The summed E-state index contributed by atoms with van der Waals surface area (Å²) >= 11 is 1.22. The summed E-state index contributed by atoms with van der Waals surface area (Å²) in [7, 11) is 0. The number of nitro benzene ring substituents is 1. The van der Waals surface area contributed by atoms with E-state index in [-0.39, 0.29) is 10.6 Å². The van der Waals surface area contributed by atoms with Gasteiger partial charge in [0.2, 0.25) is 0 Å². The first-order valence-electron chi connectivity index (χ1n) is 7.10. The zero-order valence-electron chi connectivity index (χ0n) is 12.3. The Morgan fingerprint density at radius 3 is 2.59 bits per heavy atom. The van der Waals surface area contributed by atoms with Crippen molar-refractivity contribution in [2.75, 3.05) is 11.3 Å². The Balaban J connectivity index is 1.93. The second-order valence-corrected chi connectivity index (χ2v) is 5.50. The molecular formula is C16H18N2O3S. The maximum atomic E-state index is 11.0. The van der Waals surface area contributed by atoms with Crippen molar-refractivity contribution in [2.24, 2.45) is 0 Å². The Morgan fingerprint density at radius 2 is 1.91 bits per heavy atom. The Bertz CT molecular complexity index is 617. The molecule has 22 heavy (non-hydrogen) atoms. The summed E-state index contributed by atoms with van der Waals surface area (Å²) < 4.78 is 8.70. The summed E-state index contributed by atoms with van der Waals surface area (Å²) in [6, 6.07) is 14.2. The van der Waals surface area contributed by atoms with Gasteiger partial charge in [-0.3, -0.25) is 10.1 Å². The first kappa shape index (κ1) is 16.2. The number of benzene rings is 2. The fourth-order valence-electron chi connectivity index (χ4n) is 1.76. The molecule has 0 aliphatic heterocycles. The summed E-state index contributed by atoms with van der Waals surface area (Å²) in [5, 5.41) is 11.0. The van der Waals surface area contributed by atoms with Crippen molar-refractivity contribution in [3.63, 3.8) is 0 Å². The van der Waals surface area contributed by atoms with Crippen LogP contribution in [0.1, 0.15) is 19.8 Å². The highest BCUT2D eigenvalue weighted by molar-refractivity contribution is 8.00. The Hall–Kier alpha value is -2.21. The van der Waals surface area contributed by atoms with Gasteiger partial charge >= 0.3 is 0 Å². The van der Waals surface area contributed by atoms with E-state index in [9.17, 15) is 10.1 Å². The van der Waals surface area contributed by atoms with Crippen LogP contribution in [-0.4, -0.2) is 11.5 Å². The van der Waals surface area contributed by atoms with Crippen LogP contribution < -0.4 is 9.46 Å². The van der Waals surface area contributed by atoms with Crippen LogP contribution in [0.4, 0.5) is 11.4 Å². The van der Waals surface area contributed by atoms with Gasteiger partial charge in [0.25, 0.3) is 5.69 Å². The van der Waals surface area contributed by atoms with E-state index in [4.69, 9.17) is 4.74 Å². The van der Waals surface area contributed by atoms with Crippen LogP contribution in [0, 0.1) is 10.1 Å². The van der Waals surface area contributed by atoms with Gasteiger partial charge in [-0.1, -0.05) is 25.5 Å². The molecule has 2 aromatic carbocycles. The molecule has 0 spiro atoms. The number of rotatable bonds is 8. The summed E-state index contributed by atoms with van der Waals surface area (Å²) in [5.74, 6) is 0.828. The molecule has 116 valence electrons. The topological polar surface area (TPSA) is 64.4 Å². The lowest BCUT2D eigenvalue weighted by Gasteiger charge is -2.08. The van der Waals surface area contributed by atoms with Crippen LogP contribution >= 0.6 is 11.9 Å². The zero-order valence-corrected chi connectivity index (χ0v) is 13.1. The fourth-order valence-corrected chi connectivity index (χ4v) is 2.52. The van der Waals surface area contributed by atoms with E-state index in [0.717, 1.165) is 24.3 Å². The molecule has 0 saturated heterocycles. The largest absolute Gasteiger partial charge is 0.494 e. The van der Waals surface area contributed by atoms with Crippen LogP contribution in [0.25, 0.3) is 0 Å². The minimum absolute atomic E-state index is 0.0968. The van der Waals surface area contributed by atoms with Gasteiger partial charge in [0, 0.05) is 11.8 Å². The lowest BCUT2D eigenvalue weighted by Crippen LogP contribution is -1.96. The van der Waals surface area contributed by atoms with Crippen LogP contribution in [0.15, 0.2) is 53.4 Å².